The van der Waals surface area contributed by atoms with Gasteiger partial charge in [0.1, 0.15) is 6.10 Å². The molecule has 0 bridgehead atoms. The molecule has 0 aliphatic rings. The van der Waals surface area contributed by atoms with Crippen molar-refractivity contribution in [2.75, 3.05) is 0 Å². The van der Waals surface area contributed by atoms with Crippen LogP contribution in [0.1, 0.15) is 27.2 Å². The van der Waals surface area contributed by atoms with Crippen molar-refractivity contribution in [1.82, 2.24) is 4.98 Å². The van der Waals surface area contributed by atoms with Gasteiger partial charge < -0.3 is 5.11 Å². The number of thiazole rings is 1. The molecule has 2 rings (SSSR count). The fourth-order valence-corrected chi connectivity index (χ4v) is 2.86. The number of hydrogen-bond acceptors (Lipinski definition) is 4. The average Bonchev–Trinajstić information content (AvgIpc) is 2.73. The lowest BCUT2D eigenvalue weighted by atomic mass is 10.2. The Morgan fingerprint density at radius 2 is 2.14 bits per heavy atom. The molecule has 1 atom stereocenters. The summed E-state index contributed by atoms with van der Waals surface area (Å²) in [6.07, 6.45) is -0.556. The van der Waals surface area contributed by atoms with E-state index in [0.717, 1.165) is 21.1 Å². The van der Waals surface area contributed by atoms with Crippen LogP contribution in [0.3, 0.4) is 0 Å². The Kier molecular flexibility index (Phi) is 2.67. The van der Waals surface area contributed by atoms with E-state index in [1.807, 2.05) is 30.7 Å². The van der Waals surface area contributed by atoms with E-state index in [1.165, 1.54) is 0 Å². The minimum atomic E-state index is -0.556. The van der Waals surface area contributed by atoms with E-state index in [1.54, 1.807) is 22.7 Å². The molecule has 0 radical (unpaired) electrons. The number of aliphatic hydroxyl groups is 1. The van der Waals surface area contributed by atoms with E-state index in [2.05, 4.69) is 4.98 Å². The third kappa shape index (κ3) is 1.73. The zero-order valence-electron chi connectivity index (χ0n) is 8.02. The van der Waals surface area contributed by atoms with Gasteiger partial charge in [-0.2, -0.15) is 0 Å². The second kappa shape index (κ2) is 3.81. The Labute approximate surface area is 90.9 Å². The van der Waals surface area contributed by atoms with Crippen LogP contribution in [0.5, 0.6) is 0 Å². The molecular weight excluding hydrogens is 214 g/mol. The highest BCUT2D eigenvalue weighted by molar-refractivity contribution is 7.10. The van der Waals surface area contributed by atoms with Crippen LogP contribution < -0.4 is 0 Å². The number of hydrogen-bond donors (Lipinski definition) is 1. The van der Waals surface area contributed by atoms with Gasteiger partial charge in [0.2, 0.25) is 0 Å². The number of thiophene rings is 1. The highest BCUT2D eigenvalue weighted by atomic mass is 32.1. The second-order valence-corrected chi connectivity index (χ2v) is 5.17. The van der Waals surface area contributed by atoms with E-state index in [0.29, 0.717) is 0 Å². The fraction of sp³-hybridized carbons (Fsp3) is 0.300. The molecule has 0 fully saturated rings. The first-order valence-corrected chi connectivity index (χ1v) is 6.08. The van der Waals surface area contributed by atoms with Crippen LogP contribution in [-0.4, -0.2) is 10.1 Å². The van der Waals surface area contributed by atoms with Gasteiger partial charge >= 0.3 is 0 Å². The molecule has 0 aliphatic heterocycles. The van der Waals surface area contributed by atoms with Crippen LogP contribution in [-0.2, 0) is 0 Å². The highest BCUT2D eigenvalue weighted by Crippen LogP contribution is 2.29. The Bertz CT molecular complexity index is 433. The maximum atomic E-state index is 10.0. The smallest absolute Gasteiger partial charge is 0.131 e. The summed E-state index contributed by atoms with van der Waals surface area (Å²) < 4.78 is 0. The standard InChI is InChI=1S/C10H11NOS2/c1-6-3-4-13-10(6)9(12)8-5-14-7(2)11-8/h3-5,9,12H,1-2H3. The normalized spacial score (nSPS) is 13.1. The molecule has 4 heteroatoms. The molecule has 0 saturated carbocycles. The van der Waals surface area contributed by atoms with Crippen molar-refractivity contribution >= 4 is 22.7 Å². The van der Waals surface area contributed by atoms with Crippen LogP contribution in [0, 0.1) is 13.8 Å². The molecule has 2 heterocycles. The summed E-state index contributed by atoms with van der Waals surface area (Å²) in [5.74, 6) is 0. The van der Waals surface area contributed by atoms with E-state index in [-0.39, 0.29) is 0 Å². The number of rotatable bonds is 2. The topological polar surface area (TPSA) is 33.1 Å². The quantitative estimate of drug-likeness (QED) is 0.852. The molecule has 2 aromatic heterocycles. The molecule has 0 spiro atoms. The number of aryl methyl sites for hydroxylation is 2. The molecule has 1 unspecified atom stereocenters. The lowest BCUT2D eigenvalue weighted by Gasteiger charge is -2.06. The zero-order valence-corrected chi connectivity index (χ0v) is 9.65. The van der Waals surface area contributed by atoms with Crippen molar-refractivity contribution in [2.45, 2.75) is 20.0 Å². The molecule has 74 valence electrons. The van der Waals surface area contributed by atoms with Gasteiger partial charge in [0.05, 0.1) is 10.7 Å². The van der Waals surface area contributed by atoms with Crippen molar-refractivity contribution in [3.63, 3.8) is 0 Å². The van der Waals surface area contributed by atoms with Gasteiger partial charge in [0.25, 0.3) is 0 Å². The van der Waals surface area contributed by atoms with Crippen LogP contribution in [0.2, 0.25) is 0 Å². The van der Waals surface area contributed by atoms with Crippen LogP contribution in [0.4, 0.5) is 0 Å². The lowest BCUT2D eigenvalue weighted by molar-refractivity contribution is 0.219. The largest absolute Gasteiger partial charge is 0.381 e. The summed E-state index contributed by atoms with van der Waals surface area (Å²) in [6.45, 7) is 3.95. The van der Waals surface area contributed by atoms with Crippen molar-refractivity contribution < 1.29 is 5.11 Å². The van der Waals surface area contributed by atoms with Gasteiger partial charge in [-0.05, 0) is 30.9 Å². The molecule has 1 N–H and O–H groups in total. The molecule has 14 heavy (non-hydrogen) atoms. The molecule has 2 aromatic rings. The van der Waals surface area contributed by atoms with Crippen molar-refractivity contribution in [3.8, 4) is 0 Å². The number of aliphatic hydroxyl groups excluding tert-OH is 1. The molecule has 2 nitrogen and oxygen atoms in total. The van der Waals surface area contributed by atoms with E-state index in [4.69, 9.17) is 0 Å². The SMILES string of the molecule is Cc1nc(C(O)c2sccc2C)cs1. The summed E-state index contributed by atoms with van der Waals surface area (Å²) in [4.78, 5) is 5.28. The molecular formula is C10H11NOS2. The van der Waals surface area contributed by atoms with E-state index < -0.39 is 6.10 Å². The Balaban J connectivity index is 2.33. The van der Waals surface area contributed by atoms with Crippen molar-refractivity contribution in [3.05, 3.63) is 38.0 Å². The first-order valence-electron chi connectivity index (χ1n) is 4.32. The number of nitrogens with zero attached hydrogens (tertiary/aromatic N) is 1. The van der Waals surface area contributed by atoms with E-state index >= 15 is 0 Å². The molecule has 0 amide bonds. The summed E-state index contributed by atoms with van der Waals surface area (Å²) in [7, 11) is 0. The summed E-state index contributed by atoms with van der Waals surface area (Å²) in [5.41, 5.74) is 1.89. The van der Waals surface area contributed by atoms with Crippen LogP contribution >= 0.6 is 22.7 Å². The van der Waals surface area contributed by atoms with Gasteiger partial charge in [-0.15, -0.1) is 22.7 Å². The summed E-state index contributed by atoms with van der Waals surface area (Å²) in [6, 6.07) is 2.02. The molecule has 0 aliphatic carbocycles. The maximum Gasteiger partial charge on any atom is 0.131 e. The fourth-order valence-electron chi connectivity index (χ4n) is 1.30. The first-order chi connectivity index (χ1) is 6.68. The molecule has 0 aromatic carbocycles. The third-order valence-corrected chi connectivity index (χ3v) is 3.93. The summed E-state index contributed by atoms with van der Waals surface area (Å²) >= 11 is 3.15. The van der Waals surface area contributed by atoms with Crippen LogP contribution in [0.15, 0.2) is 16.8 Å². The van der Waals surface area contributed by atoms with Crippen molar-refractivity contribution in [2.24, 2.45) is 0 Å². The predicted molar refractivity (Wildman–Crippen MR) is 60.0 cm³/mol. The van der Waals surface area contributed by atoms with Gasteiger partial charge in [0.15, 0.2) is 0 Å². The van der Waals surface area contributed by atoms with E-state index in [9.17, 15) is 5.11 Å². The Hall–Kier alpha value is -0.710. The monoisotopic (exact) mass is 225 g/mol. The second-order valence-electron chi connectivity index (χ2n) is 3.16. The minimum absolute atomic E-state index is 0.556. The highest BCUT2D eigenvalue weighted by Gasteiger charge is 2.16. The molecule has 0 saturated heterocycles. The van der Waals surface area contributed by atoms with Crippen LogP contribution in [0.25, 0.3) is 0 Å². The minimum Gasteiger partial charge on any atom is -0.381 e. The predicted octanol–water partition coefficient (Wildman–Crippen LogP) is 2.90. The zero-order chi connectivity index (χ0) is 10.1. The van der Waals surface area contributed by atoms with Gasteiger partial charge in [-0.1, -0.05) is 0 Å². The maximum absolute atomic E-state index is 10.0. The lowest BCUT2D eigenvalue weighted by Crippen LogP contribution is -1.98. The van der Waals surface area contributed by atoms with Gasteiger partial charge in [-0.3, -0.25) is 0 Å². The van der Waals surface area contributed by atoms with Gasteiger partial charge in [-0.25, -0.2) is 4.98 Å². The third-order valence-electron chi connectivity index (χ3n) is 2.07. The first kappa shape index (κ1) is 9.83. The van der Waals surface area contributed by atoms with Crippen molar-refractivity contribution in [1.29, 1.82) is 0 Å². The number of aromatic nitrogens is 1. The average molecular weight is 225 g/mol. The Morgan fingerprint density at radius 3 is 2.64 bits per heavy atom. The van der Waals surface area contributed by atoms with Gasteiger partial charge in [0, 0.05) is 10.3 Å². The Morgan fingerprint density at radius 1 is 1.36 bits per heavy atom. The summed E-state index contributed by atoms with van der Waals surface area (Å²) in [5, 5.41) is 14.9.